The van der Waals surface area contributed by atoms with Gasteiger partial charge in [0, 0.05) is 11.6 Å². The van der Waals surface area contributed by atoms with Crippen LogP contribution < -0.4 is 5.32 Å². The number of ether oxygens (including phenoxy) is 1. The van der Waals surface area contributed by atoms with Crippen LogP contribution in [0.25, 0.3) is 10.9 Å². The Morgan fingerprint density at radius 2 is 2.09 bits per heavy atom. The van der Waals surface area contributed by atoms with E-state index in [4.69, 9.17) is 4.74 Å². The van der Waals surface area contributed by atoms with Crippen molar-refractivity contribution in [3.8, 4) is 0 Å². The number of nitrogens with one attached hydrogen (secondary N) is 1. The molecule has 0 spiro atoms. The van der Waals surface area contributed by atoms with E-state index in [1.807, 2.05) is 30.3 Å². The van der Waals surface area contributed by atoms with Gasteiger partial charge in [0.05, 0.1) is 17.1 Å². The summed E-state index contributed by atoms with van der Waals surface area (Å²) in [6.07, 6.45) is 3.69. The van der Waals surface area contributed by atoms with Crippen LogP contribution in [0.2, 0.25) is 0 Å². The smallest absolute Gasteiger partial charge is 0.309 e. The van der Waals surface area contributed by atoms with Crippen LogP contribution in [0.5, 0.6) is 0 Å². The third kappa shape index (κ3) is 2.93. The Balaban J connectivity index is 1.68. The number of fused-ring (bicyclic) bond motifs is 1. The van der Waals surface area contributed by atoms with E-state index in [2.05, 4.69) is 10.3 Å². The second kappa shape index (κ2) is 6.13. The van der Waals surface area contributed by atoms with Gasteiger partial charge in [-0.25, -0.2) is 0 Å². The Morgan fingerprint density at radius 3 is 2.82 bits per heavy atom. The average molecular weight is 298 g/mol. The van der Waals surface area contributed by atoms with Crippen LogP contribution in [0.3, 0.4) is 0 Å². The highest BCUT2D eigenvalue weighted by molar-refractivity contribution is 6.02. The maximum atomic E-state index is 12.2. The minimum atomic E-state index is -0.806. The molecule has 5 heteroatoms. The highest BCUT2D eigenvalue weighted by Gasteiger charge is 2.29. The maximum absolute atomic E-state index is 12.2. The molecule has 22 heavy (non-hydrogen) atoms. The summed E-state index contributed by atoms with van der Waals surface area (Å²) < 4.78 is 5.23. The standard InChI is InChI=1S/C17H18N2O3/c1-11(22-17(21)12-5-2-6-12)16(20)19-15-9-3-8-14-13(15)7-4-10-18-14/h3-4,7-12H,2,5-6H2,1H3,(H,19,20)/t11-/m1/s1. The van der Waals surface area contributed by atoms with E-state index in [9.17, 15) is 9.59 Å². The van der Waals surface area contributed by atoms with Crippen LogP contribution >= 0.6 is 0 Å². The lowest BCUT2D eigenvalue weighted by molar-refractivity contribution is -0.159. The first kappa shape index (κ1) is 14.5. The Kier molecular flexibility index (Phi) is 4.04. The van der Waals surface area contributed by atoms with Gasteiger partial charge < -0.3 is 10.1 Å². The number of anilines is 1. The molecule has 1 aliphatic carbocycles. The highest BCUT2D eigenvalue weighted by Crippen LogP contribution is 2.28. The highest BCUT2D eigenvalue weighted by atomic mass is 16.5. The van der Waals surface area contributed by atoms with Crippen molar-refractivity contribution in [2.24, 2.45) is 5.92 Å². The van der Waals surface area contributed by atoms with E-state index in [1.54, 1.807) is 13.1 Å². The number of amides is 1. The third-order valence-corrected chi connectivity index (χ3v) is 4.00. The van der Waals surface area contributed by atoms with E-state index in [0.29, 0.717) is 5.69 Å². The molecule has 0 radical (unpaired) electrons. The van der Waals surface area contributed by atoms with E-state index < -0.39 is 6.10 Å². The number of aromatic nitrogens is 1. The maximum Gasteiger partial charge on any atom is 0.309 e. The van der Waals surface area contributed by atoms with Crippen LogP contribution in [-0.4, -0.2) is 23.0 Å². The molecular weight excluding hydrogens is 280 g/mol. The fraction of sp³-hybridized carbons (Fsp3) is 0.353. The molecular formula is C17H18N2O3. The first-order valence-corrected chi connectivity index (χ1v) is 7.50. The largest absolute Gasteiger partial charge is 0.452 e. The zero-order valence-electron chi connectivity index (χ0n) is 12.4. The van der Waals surface area contributed by atoms with Crippen LogP contribution in [-0.2, 0) is 14.3 Å². The summed E-state index contributed by atoms with van der Waals surface area (Å²) in [6, 6.07) is 9.23. The number of hydrogen-bond donors (Lipinski definition) is 1. The number of pyridine rings is 1. The Bertz CT molecular complexity index is 705. The zero-order chi connectivity index (χ0) is 15.5. The first-order valence-electron chi connectivity index (χ1n) is 7.50. The van der Waals surface area contributed by atoms with Gasteiger partial charge in [-0.1, -0.05) is 12.5 Å². The molecule has 0 aliphatic heterocycles. The van der Waals surface area contributed by atoms with Crippen LogP contribution in [0.1, 0.15) is 26.2 Å². The normalized spacial score (nSPS) is 15.9. The third-order valence-electron chi connectivity index (χ3n) is 4.00. The van der Waals surface area contributed by atoms with Gasteiger partial charge in [-0.05, 0) is 44.0 Å². The minimum Gasteiger partial charge on any atom is -0.452 e. The SMILES string of the molecule is C[C@@H](OC(=O)C1CCC1)C(=O)Nc1cccc2ncccc12. The number of hydrogen-bond acceptors (Lipinski definition) is 4. The van der Waals surface area contributed by atoms with Crippen molar-refractivity contribution < 1.29 is 14.3 Å². The van der Waals surface area contributed by atoms with Gasteiger partial charge in [0.25, 0.3) is 5.91 Å². The van der Waals surface area contributed by atoms with Crippen LogP contribution in [0, 0.1) is 5.92 Å². The topological polar surface area (TPSA) is 68.3 Å². The van der Waals surface area contributed by atoms with Crippen LogP contribution in [0.4, 0.5) is 5.69 Å². The van der Waals surface area contributed by atoms with Gasteiger partial charge in [-0.3, -0.25) is 14.6 Å². The first-order chi connectivity index (χ1) is 10.6. The Hall–Kier alpha value is -2.43. The van der Waals surface area contributed by atoms with Gasteiger partial charge in [0.1, 0.15) is 0 Å². The molecule has 0 unspecified atom stereocenters. The molecule has 1 fully saturated rings. The molecule has 1 heterocycles. The van der Waals surface area contributed by atoms with E-state index in [1.165, 1.54) is 0 Å². The molecule has 1 N–H and O–H groups in total. The van der Waals surface area contributed by atoms with Crippen molar-refractivity contribution in [2.45, 2.75) is 32.3 Å². The summed E-state index contributed by atoms with van der Waals surface area (Å²) in [6.45, 7) is 1.59. The van der Waals surface area contributed by atoms with Crippen molar-refractivity contribution in [1.29, 1.82) is 0 Å². The molecule has 0 bridgehead atoms. The lowest BCUT2D eigenvalue weighted by Gasteiger charge is -2.24. The van der Waals surface area contributed by atoms with Gasteiger partial charge in [-0.15, -0.1) is 0 Å². The summed E-state index contributed by atoms with van der Waals surface area (Å²) in [5.41, 5.74) is 1.47. The number of benzene rings is 1. The van der Waals surface area contributed by atoms with Gasteiger partial charge in [0.2, 0.25) is 0 Å². The molecule has 2 aromatic rings. The second-order valence-corrected chi connectivity index (χ2v) is 5.57. The summed E-state index contributed by atoms with van der Waals surface area (Å²) in [5, 5.41) is 3.67. The average Bonchev–Trinajstić information content (AvgIpc) is 2.45. The molecule has 0 saturated heterocycles. The molecule has 1 saturated carbocycles. The van der Waals surface area contributed by atoms with Gasteiger partial charge in [0.15, 0.2) is 6.10 Å². The van der Waals surface area contributed by atoms with Crippen molar-refractivity contribution in [1.82, 2.24) is 4.98 Å². The van der Waals surface area contributed by atoms with Crippen molar-refractivity contribution in [3.63, 3.8) is 0 Å². The quantitative estimate of drug-likeness (QED) is 0.881. The zero-order valence-corrected chi connectivity index (χ0v) is 12.4. The van der Waals surface area contributed by atoms with Crippen molar-refractivity contribution in [3.05, 3.63) is 36.5 Å². The Morgan fingerprint density at radius 1 is 1.27 bits per heavy atom. The molecule has 5 nitrogen and oxygen atoms in total. The molecule has 1 aromatic carbocycles. The van der Waals surface area contributed by atoms with E-state index in [0.717, 1.165) is 30.2 Å². The molecule has 1 aliphatic rings. The monoisotopic (exact) mass is 298 g/mol. The molecule has 3 rings (SSSR count). The lowest BCUT2D eigenvalue weighted by Crippen LogP contribution is -2.34. The molecule has 1 amide bonds. The lowest BCUT2D eigenvalue weighted by atomic mass is 9.86. The summed E-state index contributed by atoms with van der Waals surface area (Å²) in [5.74, 6) is -0.630. The fourth-order valence-corrected chi connectivity index (χ4v) is 2.41. The van der Waals surface area contributed by atoms with Gasteiger partial charge in [-0.2, -0.15) is 0 Å². The Labute approximate surface area is 128 Å². The summed E-state index contributed by atoms with van der Waals surface area (Å²) in [7, 11) is 0. The number of esters is 1. The van der Waals surface area contributed by atoms with E-state index >= 15 is 0 Å². The number of carbonyl (C=O) groups excluding carboxylic acids is 2. The van der Waals surface area contributed by atoms with E-state index in [-0.39, 0.29) is 17.8 Å². The molecule has 114 valence electrons. The molecule has 1 atom stereocenters. The summed E-state index contributed by atoms with van der Waals surface area (Å²) >= 11 is 0. The van der Waals surface area contributed by atoms with Crippen molar-refractivity contribution >= 4 is 28.5 Å². The fourth-order valence-electron chi connectivity index (χ4n) is 2.41. The molecule has 1 aromatic heterocycles. The van der Waals surface area contributed by atoms with Crippen LogP contribution in [0.15, 0.2) is 36.5 Å². The predicted molar refractivity (Wildman–Crippen MR) is 83.3 cm³/mol. The predicted octanol–water partition coefficient (Wildman–Crippen LogP) is 2.91. The minimum absolute atomic E-state index is 0.0306. The van der Waals surface area contributed by atoms with Crippen molar-refractivity contribution in [2.75, 3.05) is 5.32 Å². The number of nitrogens with zero attached hydrogens (tertiary/aromatic N) is 1. The second-order valence-electron chi connectivity index (χ2n) is 5.57. The number of rotatable bonds is 4. The summed E-state index contributed by atoms with van der Waals surface area (Å²) in [4.78, 5) is 28.3. The number of carbonyl (C=O) groups is 2. The van der Waals surface area contributed by atoms with Gasteiger partial charge >= 0.3 is 5.97 Å².